The number of anilines is 1. The second-order valence-electron chi connectivity index (χ2n) is 3.72. The molecule has 4 nitrogen and oxygen atoms in total. The van der Waals surface area contributed by atoms with Crippen LogP contribution < -0.4 is 10.1 Å². The van der Waals surface area contributed by atoms with Gasteiger partial charge in [0.2, 0.25) is 0 Å². The minimum atomic E-state index is 0.662. The number of nitrogens with one attached hydrogen (secondary N) is 1. The highest BCUT2D eigenvalue weighted by atomic mass is 127. The van der Waals surface area contributed by atoms with Crippen molar-refractivity contribution in [2.24, 2.45) is 0 Å². The Labute approximate surface area is 120 Å². The van der Waals surface area contributed by atoms with E-state index in [2.05, 4.69) is 37.9 Å². The van der Waals surface area contributed by atoms with E-state index in [-0.39, 0.29) is 0 Å². The van der Waals surface area contributed by atoms with Crippen molar-refractivity contribution < 1.29 is 4.74 Å². The van der Waals surface area contributed by atoms with Crippen LogP contribution in [0.4, 0.5) is 5.82 Å². The first-order valence-corrected chi connectivity index (χ1v) is 6.63. The average molecular weight is 355 g/mol. The topological polar surface area (TPSA) is 47.0 Å². The van der Waals surface area contributed by atoms with Crippen LogP contribution in [0, 0.1) is 3.57 Å². The quantitative estimate of drug-likeness (QED) is 0.857. The zero-order chi connectivity index (χ0) is 13.0. The van der Waals surface area contributed by atoms with Crippen LogP contribution in [0.3, 0.4) is 0 Å². The molecule has 5 heteroatoms. The number of halogens is 1. The number of hydrogen-bond donors (Lipinski definition) is 1. The molecule has 0 atom stereocenters. The van der Waals surface area contributed by atoms with E-state index >= 15 is 0 Å². The van der Waals surface area contributed by atoms with Gasteiger partial charge in [-0.05, 0) is 28.7 Å². The van der Waals surface area contributed by atoms with Crippen LogP contribution in [0.2, 0.25) is 0 Å². The monoisotopic (exact) mass is 355 g/mol. The van der Waals surface area contributed by atoms with Gasteiger partial charge in [-0.1, -0.05) is 18.2 Å². The van der Waals surface area contributed by atoms with Crippen molar-refractivity contribution in [3.05, 3.63) is 45.4 Å². The van der Waals surface area contributed by atoms with Crippen molar-refractivity contribution in [1.82, 2.24) is 9.97 Å². The van der Waals surface area contributed by atoms with Gasteiger partial charge in [0.25, 0.3) is 0 Å². The molecule has 0 aliphatic heterocycles. The summed E-state index contributed by atoms with van der Waals surface area (Å²) in [4.78, 5) is 8.82. The largest absolute Gasteiger partial charge is 0.496 e. The van der Waals surface area contributed by atoms with Crippen LogP contribution in [0.15, 0.2) is 30.5 Å². The van der Waals surface area contributed by atoms with Crippen molar-refractivity contribution >= 4 is 28.4 Å². The van der Waals surface area contributed by atoms with Crippen LogP contribution >= 0.6 is 22.6 Å². The first-order chi connectivity index (χ1) is 8.74. The van der Waals surface area contributed by atoms with Gasteiger partial charge in [0.05, 0.1) is 10.7 Å². The maximum absolute atomic E-state index is 5.33. The van der Waals surface area contributed by atoms with E-state index in [1.807, 2.05) is 37.5 Å². The summed E-state index contributed by atoms with van der Waals surface area (Å²) in [6.45, 7) is 0. The van der Waals surface area contributed by atoms with Gasteiger partial charge in [-0.25, -0.2) is 9.97 Å². The average Bonchev–Trinajstić information content (AvgIpc) is 2.41. The lowest BCUT2D eigenvalue weighted by atomic mass is 10.1. The summed E-state index contributed by atoms with van der Waals surface area (Å²) in [6.07, 6.45) is 2.49. The summed E-state index contributed by atoms with van der Waals surface area (Å²) in [5.41, 5.74) is 1.09. The Balaban J connectivity index is 2.28. The highest BCUT2D eigenvalue weighted by Crippen LogP contribution is 2.21. The molecule has 1 N–H and O–H groups in total. The van der Waals surface area contributed by atoms with Crippen molar-refractivity contribution in [2.45, 2.75) is 6.42 Å². The van der Waals surface area contributed by atoms with Gasteiger partial charge in [0, 0.05) is 25.2 Å². The van der Waals surface area contributed by atoms with Crippen LogP contribution in [0.5, 0.6) is 5.75 Å². The lowest BCUT2D eigenvalue weighted by Crippen LogP contribution is -2.03. The fourth-order valence-electron chi connectivity index (χ4n) is 1.68. The number of hydrogen-bond acceptors (Lipinski definition) is 4. The van der Waals surface area contributed by atoms with Gasteiger partial charge in [-0.15, -0.1) is 0 Å². The first kappa shape index (κ1) is 13.1. The number of methoxy groups -OCH3 is 1. The van der Waals surface area contributed by atoms with Crippen molar-refractivity contribution in [3.8, 4) is 5.75 Å². The molecule has 0 radical (unpaired) electrons. The van der Waals surface area contributed by atoms with Crippen LogP contribution in [-0.2, 0) is 6.42 Å². The van der Waals surface area contributed by atoms with Crippen molar-refractivity contribution in [3.63, 3.8) is 0 Å². The van der Waals surface area contributed by atoms with E-state index in [4.69, 9.17) is 4.74 Å². The summed E-state index contributed by atoms with van der Waals surface area (Å²) in [5, 5.41) is 3.06. The first-order valence-electron chi connectivity index (χ1n) is 5.55. The summed E-state index contributed by atoms with van der Waals surface area (Å²) in [5.74, 6) is 2.51. The molecule has 0 saturated carbocycles. The number of benzene rings is 1. The van der Waals surface area contributed by atoms with Crippen LogP contribution in [0.1, 0.15) is 11.4 Å². The third-order valence-electron chi connectivity index (χ3n) is 2.57. The normalized spacial score (nSPS) is 10.2. The Morgan fingerprint density at radius 1 is 1.33 bits per heavy atom. The molecule has 0 amide bonds. The van der Waals surface area contributed by atoms with Gasteiger partial charge in [-0.3, -0.25) is 0 Å². The minimum Gasteiger partial charge on any atom is -0.496 e. The van der Waals surface area contributed by atoms with Gasteiger partial charge >= 0.3 is 0 Å². The molecule has 0 fully saturated rings. The smallest absolute Gasteiger partial charge is 0.142 e. The van der Waals surface area contributed by atoms with E-state index in [0.29, 0.717) is 6.42 Å². The van der Waals surface area contributed by atoms with Gasteiger partial charge in [-0.2, -0.15) is 0 Å². The molecule has 1 aromatic carbocycles. The van der Waals surface area contributed by atoms with E-state index in [0.717, 1.165) is 26.5 Å². The lowest BCUT2D eigenvalue weighted by Gasteiger charge is -2.08. The Morgan fingerprint density at radius 3 is 2.83 bits per heavy atom. The number of ether oxygens (including phenoxy) is 1. The molecule has 2 rings (SSSR count). The van der Waals surface area contributed by atoms with E-state index in [9.17, 15) is 0 Å². The van der Waals surface area contributed by atoms with Crippen LogP contribution in [0.25, 0.3) is 0 Å². The summed E-state index contributed by atoms with van der Waals surface area (Å²) in [7, 11) is 3.53. The summed E-state index contributed by atoms with van der Waals surface area (Å²) < 4.78 is 6.34. The Morgan fingerprint density at radius 2 is 2.11 bits per heavy atom. The number of rotatable bonds is 4. The molecule has 1 heterocycles. The predicted octanol–water partition coefficient (Wildman–Crippen LogP) is 2.72. The van der Waals surface area contributed by atoms with Gasteiger partial charge < -0.3 is 10.1 Å². The van der Waals surface area contributed by atoms with E-state index in [1.54, 1.807) is 7.11 Å². The van der Waals surface area contributed by atoms with Gasteiger partial charge in [0.1, 0.15) is 17.4 Å². The predicted molar refractivity (Wildman–Crippen MR) is 80.1 cm³/mol. The lowest BCUT2D eigenvalue weighted by molar-refractivity contribution is 0.410. The molecule has 0 spiro atoms. The molecular formula is C13H14IN3O. The minimum absolute atomic E-state index is 0.662. The number of nitrogens with zero attached hydrogens (tertiary/aromatic N) is 2. The molecule has 1 aromatic heterocycles. The molecule has 18 heavy (non-hydrogen) atoms. The molecular weight excluding hydrogens is 341 g/mol. The molecule has 0 aliphatic rings. The van der Waals surface area contributed by atoms with Gasteiger partial charge in [0.15, 0.2) is 0 Å². The zero-order valence-electron chi connectivity index (χ0n) is 10.3. The van der Waals surface area contributed by atoms with E-state index in [1.165, 1.54) is 0 Å². The molecule has 94 valence electrons. The third-order valence-corrected chi connectivity index (χ3v) is 3.36. The Kier molecular flexibility index (Phi) is 4.35. The number of para-hydroxylation sites is 1. The number of aromatic nitrogens is 2. The molecule has 0 aliphatic carbocycles. The Bertz CT molecular complexity index is 546. The molecule has 2 aromatic rings. The van der Waals surface area contributed by atoms with Crippen LogP contribution in [-0.4, -0.2) is 24.1 Å². The van der Waals surface area contributed by atoms with Crippen molar-refractivity contribution in [2.75, 3.05) is 19.5 Å². The summed E-state index contributed by atoms with van der Waals surface area (Å²) in [6, 6.07) is 7.92. The molecule has 0 bridgehead atoms. The maximum Gasteiger partial charge on any atom is 0.142 e. The fraction of sp³-hybridized carbons (Fsp3) is 0.231. The highest BCUT2D eigenvalue weighted by Gasteiger charge is 2.07. The standard InChI is InChI=1S/C13H14IN3O/c1-15-13-10(14)8-16-12(17-13)7-9-5-3-4-6-11(9)18-2/h3-6,8H,7H2,1-2H3,(H,15,16,17). The second-order valence-corrected chi connectivity index (χ2v) is 4.88. The van der Waals surface area contributed by atoms with E-state index < -0.39 is 0 Å². The fourth-order valence-corrected chi connectivity index (χ4v) is 2.21. The maximum atomic E-state index is 5.33. The Hall–Kier alpha value is -1.37. The highest BCUT2D eigenvalue weighted by molar-refractivity contribution is 14.1. The summed E-state index contributed by atoms with van der Waals surface area (Å²) >= 11 is 2.21. The zero-order valence-corrected chi connectivity index (χ0v) is 12.4. The second kappa shape index (κ2) is 5.99. The SMILES string of the molecule is CNc1nc(Cc2ccccc2OC)ncc1I. The molecule has 0 saturated heterocycles. The van der Waals surface area contributed by atoms with Crippen molar-refractivity contribution in [1.29, 1.82) is 0 Å². The molecule has 0 unspecified atom stereocenters. The third kappa shape index (κ3) is 2.90.